The average Bonchev–Trinajstić information content (AvgIpc) is 3.68. The zero-order chi connectivity index (χ0) is 43.5. The number of benzene rings is 1. The Hall–Kier alpha value is -3.42. The first-order valence-corrected chi connectivity index (χ1v) is 22.2. The SMILES string of the molecule is CC(=O)SCCNC(=O)CCNC(=O)C(O)C(C)(C)COP(=O)(O)OP(=O)(O)OC[C@H]1O[C@@H](n2cnc3c(N)ncnc32)[C@H](O)[C@@H]1OP(=O)(O)O.Oc1ccccc1. The number of nitrogen functional groups attached to an aromatic ring is 1. The number of amides is 2. The van der Waals surface area contributed by atoms with E-state index in [2.05, 4.69) is 34.4 Å². The highest BCUT2D eigenvalue weighted by Gasteiger charge is 2.50. The second-order valence-electron chi connectivity index (χ2n) is 12.7. The first kappa shape index (κ1) is 48.9. The molecule has 29 heteroatoms. The summed E-state index contributed by atoms with van der Waals surface area (Å²) in [5.74, 6) is -0.763. The maximum absolute atomic E-state index is 12.6. The number of phenols is 1. The molecule has 1 aliphatic rings. The zero-order valence-electron chi connectivity index (χ0n) is 30.9. The number of carbonyl (C=O) groups excluding carboxylic acids is 3. The number of aliphatic hydroxyl groups is 2. The number of aromatic nitrogens is 4. The minimum atomic E-state index is -5.56. The van der Waals surface area contributed by atoms with Crippen molar-refractivity contribution in [1.29, 1.82) is 0 Å². The number of nitrogens with zero attached hydrogens (tertiary/aromatic N) is 4. The predicted octanol–water partition coefficient (Wildman–Crippen LogP) is 0.0768. The summed E-state index contributed by atoms with van der Waals surface area (Å²) in [4.78, 5) is 85.9. The van der Waals surface area contributed by atoms with E-state index in [-0.39, 0.29) is 41.6 Å². The molecule has 3 heterocycles. The fraction of sp³-hybridized carbons (Fsp3) is 0.517. The van der Waals surface area contributed by atoms with Crippen molar-refractivity contribution in [3.63, 3.8) is 0 Å². The standard InChI is InChI=1S/C23H38N7O17P3S.C6H6O/c1-12(31)51-7-6-25-14(32)4-5-26-21(35)18(34)23(2,3)9-44-50(41,42)47-49(39,40)43-8-13-17(46-48(36,37)38)16(33)22(45-13)30-11-29-15-19(24)27-10-28-20(15)30;7-6-4-2-1-3-5-6/h10-11,13,16-18,22,33-34H,4-9H2,1-3H3,(H,25,32)(H,26,35)(H,39,40)(H,41,42)(H2,24,27,28)(H2,36,37,38);1-5,7H/t13-,16-,17-,18?,22-;/m1./s1. The van der Waals surface area contributed by atoms with Crippen LogP contribution in [0.3, 0.4) is 0 Å². The second kappa shape index (κ2) is 21.2. The van der Waals surface area contributed by atoms with Crippen molar-refractivity contribution < 1.29 is 85.6 Å². The van der Waals surface area contributed by atoms with E-state index < -0.39 is 84.6 Å². The third kappa shape index (κ3) is 15.6. The molecule has 1 fully saturated rings. The van der Waals surface area contributed by atoms with Gasteiger partial charge in [0.15, 0.2) is 22.8 Å². The summed E-state index contributed by atoms with van der Waals surface area (Å²) in [5, 5.41) is 34.7. The quantitative estimate of drug-likeness (QED) is 0.0562. The third-order valence-corrected chi connectivity index (χ3v) is 11.5. The minimum Gasteiger partial charge on any atom is -0.508 e. The van der Waals surface area contributed by atoms with Crippen LogP contribution in [0.2, 0.25) is 0 Å². The number of rotatable bonds is 19. The molecule has 0 spiro atoms. The number of nitrogens with one attached hydrogen (secondary N) is 2. The molecular formula is C29H44N7O18P3S. The number of thioether (sulfide) groups is 1. The molecule has 58 heavy (non-hydrogen) atoms. The highest BCUT2D eigenvalue weighted by molar-refractivity contribution is 8.13. The van der Waals surface area contributed by atoms with Gasteiger partial charge < -0.3 is 56.0 Å². The molecule has 3 unspecified atom stereocenters. The molecular weight excluding hydrogens is 859 g/mol. The molecule has 1 aliphatic heterocycles. The number of fused-ring (bicyclic) bond motifs is 1. The monoisotopic (exact) mass is 903 g/mol. The summed E-state index contributed by atoms with van der Waals surface area (Å²) >= 11 is 1.03. The number of para-hydroxylation sites is 1. The Morgan fingerprint density at radius 1 is 1.02 bits per heavy atom. The van der Waals surface area contributed by atoms with Gasteiger partial charge in [-0.25, -0.2) is 28.6 Å². The molecule has 1 saturated heterocycles. The molecule has 7 atom stereocenters. The van der Waals surface area contributed by atoms with Crippen molar-refractivity contribution in [2.24, 2.45) is 5.41 Å². The van der Waals surface area contributed by atoms with E-state index in [9.17, 15) is 57.9 Å². The molecule has 2 amide bonds. The Kier molecular flexibility index (Phi) is 17.9. The fourth-order valence-corrected chi connectivity index (χ4v) is 8.07. The number of phosphoric ester groups is 3. The molecule has 4 rings (SSSR count). The number of nitrogens with two attached hydrogens (primary N) is 1. The van der Waals surface area contributed by atoms with Crippen molar-refractivity contribution in [2.75, 3.05) is 37.8 Å². The lowest BCUT2D eigenvalue weighted by Crippen LogP contribution is -2.46. The smallest absolute Gasteiger partial charge is 0.481 e. The first-order valence-electron chi connectivity index (χ1n) is 16.7. The van der Waals surface area contributed by atoms with Crippen molar-refractivity contribution >= 4 is 69.1 Å². The molecule has 3 aromatic rings. The fourth-order valence-electron chi connectivity index (χ4n) is 4.75. The van der Waals surface area contributed by atoms with Gasteiger partial charge in [-0.2, -0.15) is 4.31 Å². The Morgan fingerprint density at radius 3 is 2.28 bits per heavy atom. The number of imidazole rings is 1. The van der Waals surface area contributed by atoms with Gasteiger partial charge in [0.05, 0.1) is 19.5 Å². The van der Waals surface area contributed by atoms with Crippen molar-refractivity contribution in [3.05, 3.63) is 43.0 Å². The highest BCUT2D eigenvalue weighted by atomic mass is 32.2. The van der Waals surface area contributed by atoms with Gasteiger partial charge in [0.2, 0.25) is 11.8 Å². The van der Waals surface area contributed by atoms with Crippen LogP contribution in [-0.2, 0) is 50.7 Å². The first-order chi connectivity index (χ1) is 26.9. The van der Waals surface area contributed by atoms with Gasteiger partial charge in [-0.15, -0.1) is 0 Å². The normalized spacial score (nSPS) is 20.9. The van der Waals surface area contributed by atoms with Crippen LogP contribution in [0.25, 0.3) is 11.2 Å². The number of carbonyl (C=O) groups is 3. The van der Waals surface area contributed by atoms with Gasteiger partial charge in [0.25, 0.3) is 0 Å². The Balaban J connectivity index is 0.00000116. The average molecular weight is 904 g/mol. The van der Waals surface area contributed by atoms with Crippen LogP contribution < -0.4 is 16.4 Å². The number of hydrogen-bond acceptors (Lipinski definition) is 19. The number of anilines is 1. The summed E-state index contributed by atoms with van der Waals surface area (Å²) in [6.07, 6.45) is -6.88. The number of phenolic OH excluding ortho intramolecular Hbond substituents is 1. The van der Waals surface area contributed by atoms with Crippen LogP contribution in [0.5, 0.6) is 5.75 Å². The van der Waals surface area contributed by atoms with E-state index >= 15 is 0 Å². The number of phosphoric acid groups is 3. The number of ether oxygens (including phenoxy) is 1. The van der Waals surface area contributed by atoms with Gasteiger partial charge in [0.1, 0.15) is 42.0 Å². The number of hydrogen-bond donors (Lipinski definition) is 10. The molecule has 0 saturated carbocycles. The second-order valence-corrected chi connectivity index (χ2v) is 18.3. The lowest BCUT2D eigenvalue weighted by Gasteiger charge is -2.30. The van der Waals surface area contributed by atoms with Crippen LogP contribution >= 0.6 is 35.2 Å². The topological polar surface area (TPSA) is 384 Å². The summed E-state index contributed by atoms with van der Waals surface area (Å²) in [6.45, 7) is 1.90. The van der Waals surface area contributed by atoms with E-state index in [0.29, 0.717) is 11.5 Å². The molecule has 0 aliphatic carbocycles. The highest BCUT2D eigenvalue weighted by Crippen LogP contribution is 2.61. The molecule has 11 N–H and O–H groups in total. The lowest BCUT2D eigenvalue weighted by atomic mass is 9.87. The van der Waals surface area contributed by atoms with Crippen molar-refractivity contribution in [3.8, 4) is 5.75 Å². The van der Waals surface area contributed by atoms with E-state index in [1.807, 2.05) is 6.07 Å². The van der Waals surface area contributed by atoms with E-state index in [1.165, 1.54) is 20.8 Å². The zero-order valence-corrected chi connectivity index (χ0v) is 34.4. The molecule has 0 radical (unpaired) electrons. The Bertz CT molecular complexity index is 2010. The van der Waals surface area contributed by atoms with Crippen molar-refractivity contribution in [1.82, 2.24) is 30.2 Å². The van der Waals surface area contributed by atoms with Crippen LogP contribution in [0.15, 0.2) is 43.0 Å². The lowest BCUT2D eigenvalue weighted by molar-refractivity contribution is -0.137. The van der Waals surface area contributed by atoms with E-state index in [0.717, 1.165) is 29.0 Å². The van der Waals surface area contributed by atoms with Crippen molar-refractivity contribution in [2.45, 2.75) is 57.8 Å². The molecule has 1 aromatic carbocycles. The molecule has 324 valence electrons. The van der Waals surface area contributed by atoms with Gasteiger partial charge >= 0.3 is 23.5 Å². The molecule has 25 nitrogen and oxygen atoms in total. The predicted molar refractivity (Wildman–Crippen MR) is 201 cm³/mol. The molecule has 0 bridgehead atoms. The number of aliphatic hydroxyl groups excluding tert-OH is 2. The summed E-state index contributed by atoms with van der Waals surface area (Å²) < 4.78 is 61.8. The maximum atomic E-state index is 12.6. The Morgan fingerprint density at radius 2 is 1.67 bits per heavy atom. The minimum absolute atomic E-state index is 0.0310. The third-order valence-electron chi connectivity index (χ3n) is 7.56. The maximum Gasteiger partial charge on any atom is 0.481 e. The van der Waals surface area contributed by atoms with Gasteiger partial charge in [-0.1, -0.05) is 43.8 Å². The van der Waals surface area contributed by atoms with Gasteiger partial charge in [-0.05, 0) is 12.1 Å². The van der Waals surface area contributed by atoms with Crippen LogP contribution in [0.1, 0.15) is 33.4 Å². The number of aromatic hydroxyl groups is 1. The van der Waals surface area contributed by atoms with Crippen LogP contribution in [-0.4, -0.2) is 128 Å². The van der Waals surface area contributed by atoms with E-state index in [1.54, 1.807) is 24.3 Å². The van der Waals surface area contributed by atoms with Crippen LogP contribution in [0.4, 0.5) is 5.82 Å². The van der Waals surface area contributed by atoms with E-state index in [4.69, 9.17) is 24.6 Å². The summed E-state index contributed by atoms with van der Waals surface area (Å²) in [5.41, 5.74) is 4.26. The Labute approximate surface area is 334 Å². The summed E-state index contributed by atoms with van der Waals surface area (Å²) in [6, 6.07) is 8.71. The van der Waals surface area contributed by atoms with Gasteiger partial charge in [-0.3, -0.25) is 32.5 Å². The van der Waals surface area contributed by atoms with Crippen LogP contribution in [0, 0.1) is 5.41 Å². The summed E-state index contributed by atoms with van der Waals surface area (Å²) in [7, 11) is -16.4. The largest absolute Gasteiger partial charge is 0.508 e. The van der Waals surface area contributed by atoms with Gasteiger partial charge in [0, 0.05) is 37.6 Å². The molecule has 2 aromatic heterocycles.